The van der Waals surface area contributed by atoms with Crippen molar-refractivity contribution in [2.45, 2.75) is 19.3 Å². The van der Waals surface area contributed by atoms with E-state index in [1.54, 1.807) is 37.4 Å². The van der Waals surface area contributed by atoms with Gasteiger partial charge in [-0.05, 0) is 37.5 Å². The number of nitrogens with one attached hydrogen (secondary N) is 1. The maximum atomic E-state index is 12.6. The van der Waals surface area contributed by atoms with Gasteiger partial charge in [-0.25, -0.2) is 4.68 Å². The molecule has 7 nitrogen and oxygen atoms in total. The van der Waals surface area contributed by atoms with Crippen molar-refractivity contribution in [3.8, 4) is 5.88 Å². The highest BCUT2D eigenvalue weighted by Crippen LogP contribution is 2.17. The number of carbonyl (C=O) groups is 2. The molecule has 0 bridgehead atoms. The smallest absolute Gasteiger partial charge is 0.256 e. The molecule has 0 unspecified atom stereocenters. The molecular formula is C18H22N4O3. The highest BCUT2D eigenvalue weighted by atomic mass is 16.5. The van der Waals surface area contributed by atoms with Crippen molar-refractivity contribution in [1.29, 1.82) is 0 Å². The number of anilines is 1. The average molecular weight is 342 g/mol. The Morgan fingerprint density at radius 1 is 1.12 bits per heavy atom. The number of benzene rings is 1. The minimum absolute atomic E-state index is 0.0196. The predicted molar refractivity (Wildman–Crippen MR) is 93.9 cm³/mol. The van der Waals surface area contributed by atoms with Crippen LogP contribution in [0.4, 0.5) is 5.82 Å². The third kappa shape index (κ3) is 3.81. The van der Waals surface area contributed by atoms with E-state index in [0.29, 0.717) is 22.8 Å². The molecule has 1 aliphatic heterocycles. The summed E-state index contributed by atoms with van der Waals surface area (Å²) < 4.78 is 6.66. The summed E-state index contributed by atoms with van der Waals surface area (Å²) in [4.78, 5) is 26.9. The number of hydrogen-bond donors (Lipinski definition) is 1. The third-order valence-electron chi connectivity index (χ3n) is 4.30. The molecule has 25 heavy (non-hydrogen) atoms. The minimum atomic E-state index is -0.311. The topological polar surface area (TPSA) is 76.5 Å². The van der Waals surface area contributed by atoms with Gasteiger partial charge in [-0.15, -0.1) is 0 Å². The standard InChI is InChI=1S/C18H22N4O3/c1-21-16(25-2)12-15(20-21)19-17(23)13-7-6-8-14(11-13)18(24)22-9-4-3-5-10-22/h6-8,11-12H,3-5,9-10H2,1-2H3,(H,19,20,23). The number of methoxy groups -OCH3 is 1. The molecule has 0 saturated carbocycles. The Morgan fingerprint density at radius 2 is 1.84 bits per heavy atom. The van der Waals surface area contributed by atoms with E-state index in [9.17, 15) is 9.59 Å². The van der Waals surface area contributed by atoms with Crippen molar-refractivity contribution in [3.05, 3.63) is 41.5 Å². The van der Waals surface area contributed by atoms with Crippen LogP contribution in [0.15, 0.2) is 30.3 Å². The zero-order chi connectivity index (χ0) is 17.8. The Morgan fingerprint density at radius 3 is 2.52 bits per heavy atom. The van der Waals surface area contributed by atoms with Crippen molar-refractivity contribution in [1.82, 2.24) is 14.7 Å². The number of amides is 2. The molecule has 2 heterocycles. The summed E-state index contributed by atoms with van der Waals surface area (Å²) in [6, 6.07) is 8.43. The van der Waals surface area contributed by atoms with E-state index in [1.165, 1.54) is 18.2 Å². The van der Waals surface area contributed by atoms with E-state index >= 15 is 0 Å². The number of ether oxygens (including phenoxy) is 1. The Balaban J connectivity index is 1.73. The van der Waals surface area contributed by atoms with Crippen LogP contribution in [0, 0.1) is 0 Å². The van der Waals surface area contributed by atoms with Crippen molar-refractivity contribution in [2.24, 2.45) is 7.05 Å². The second-order valence-electron chi connectivity index (χ2n) is 6.08. The lowest BCUT2D eigenvalue weighted by molar-refractivity contribution is 0.0724. The summed E-state index contributed by atoms with van der Waals surface area (Å²) in [5, 5.41) is 6.89. The number of hydrogen-bond acceptors (Lipinski definition) is 4. The average Bonchev–Trinajstić information content (AvgIpc) is 3.01. The Labute approximate surface area is 146 Å². The molecule has 1 aromatic carbocycles. The van der Waals surface area contributed by atoms with Gasteiger partial charge in [0.25, 0.3) is 11.8 Å². The summed E-state index contributed by atoms with van der Waals surface area (Å²) in [6.07, 6.45) is 3.24. The molecule has 7 heteroatoms. The number of aryl methyl sites for hydroxylation is 1. The lowest BCUT2D eigenvalue weighted by Crippen LogP contribution is -2.35. The van der Waals surface area contributed by atoms with Gasteiger partial charge in [0.1, 0.15) is 0 Å². The van der Waals surface area contributed by atoms with Gasteiger partial charge in [0.2, 0.25) is 5.88 Å². The maximum Gasteiger partial charge on any atom is 0.256 e. The summed E-state index contributed by atoms with van der Waals surface area (Å²) in [7, 11) is 3.27. The van der Waals surface area contributed by atoms with Gasteiger partial charge in [-0.3, -0.25) is 9.59 Å². The van der Waals surface area contributed by atoms with Crippen LogP contribution in [0.2, 0.25) is 0 Å². The van der Waals surface area contributed by atoms with Gasteiger partial charge >= 0.3 is 0 Å². The number of nitrogens with zero attached hydrogens (tertiary/aromatic N) is 3. The summed E-state index contributed by atoms with van der Waals surface area (Å²) >= 11 is 0. The van der Waals surface area contributed by atoms with Crippen molar-refractivity contribution in [3.63, 3.8) is 0 Å². The quantitative estimate of drug-likeness (QED) is 0.925. The molecule has 0 aliphatic carbocycles. The molecule has 2 aromatic rings. The number of rotatable bonds is 4. The summed E-state index contributed by atoms with van der Waals surface area (Å²) in [5.74, 6) is 0.615. The largest absolute Gasteiger partial charge is 0.481 e. The number of aromatic nitrogens is 2. The van der Waals surface area contributed by atoms with Crippen LogP contribution in [0.5, 0.6) is 5.88 Å². The molecule has 1 saturated heterocycles. The number of carbonyl (C=O) groups excluding carboxylic acids is 2. The van der Waals surface area contributed by atoms with Gasteiger partial charge in [0.05, 0.1) is 7.11 Å². The first-order valence-electron chi connectivity index (χ1n) is 8.37. The van der Waals surface area contributed by atoms with E-state index in [-0.39, 0.29) is 11.8 Å². The summed E-state index contributed by atoms with van der Waals surface area (Å²) in [5.41, 5.74) is 0.959. The molecule has 3 rings (SSSR count). The van der Waals surface area contributed by atoms with Crippen LogP contribution in [0.25, 0.3) is 0 Å². The van der Waals surface area contributed by atoms with Crippen LogP contribution in [-0.2, 0) is 7.05 Å². The predicted octanol–water partition coefficient (Wildman–Crippen LogP) is 2.31. The van der Waals surface area contributed by atoms with Crippen LogP contribution >= 0.6 is 0 Å². The van der Waals surface area contributed by atoms with E-state index in [4.69, 9.17) is 4.74 Å². The van der Waals surface area contributed by atoms with E-state index < -0.39 is 0 Å². The lowest BCUT2D eigenvalue weighted by Gasteiger charge is -2.26. The molecule has 1 aromatic heterocycles. The van der Waals surface area contributed by atoms with E-state index in [1.807, 2.05) is 4.90 Å². The molecule has 0 radical (unpaired) electrons. The Bertz CT molecular complexity index is 778. The maximum absolute atomic E-state index is 12.6. The first-order chi connectivity index (χ1) is 12.1. The van der Waals surface area contributed by atoms with Crippen molar-refractivity contribution >= 4 is 17.6 Å². The van der Waals surface area contributed by atoms with E-state index in [2.05, 4.69) is 10.4 Å². The van der Waals surface area contributed by atoms with Gasteiger partial charge in [0.15, 0.2) is 5.82 Å². The minimum Gasteiger partial charge on any atom is -0.481 e. The van der Waals surface area contributed by atoms with Gasteiger partial charge < -0.3 is 15.0 Å². The number of likely N-dealkylation sites (tertiary alicyclic amines) is 1. The highest BCUT2D eigenvalue weighted by molar-refractivity contribution is 6.05. The zero-order valence-corrected chi connectivity index (χ0v) is 14.5. The zero-order valence-electron chi connectivity index (χ0n) is 14.5. The molecule has 2 amide bonds. The van der Waals surface area contributed by atoms with Crippen molar-refractivity contribution in [2.75, 3.05) is 25.5 Å². The van der Waals surface area contributed by atoms with Gasteiger partial charge in [-0.2, -0.15) is 5.10 Å². The molecule has 0 spiro atoms. The third-order valence-corrected chi connectivity index (χ3v) is 4.30. The summed E-state index contributed by atoms with van der Waals surface area (Å²) in [6.45, 7) is 1.56. The molecule has 1 fully saturated rings. The lowest BCUT2D eigenvalue weighted by atomic mass is 10.1. The Hall–Kier alpha value is -2.83. The van der Waals surface area contributed by atoms with Crippen LogP contribution in [-0.4, -0.2) is 46.7 Å². The highest BCUT2D eigenvalue weighted by Gasteiger charge is 2.19. The van der Waals surface area contributed by atoms with E-state index in [0.717, 1.165) is 25.9 Å². The second-order valence-corrected chi connectivity index (χ2v) is 6.08. The molecule has 1 N–H and O–H groups in total. The normalized spacial score (nSPS) is 14.2. The molecule has 1 aliphatic rings. The van der Waals surface area contributed by atoms with Crippen molar-refractivity contribution < 1.29 is 14.3 Å². The fraction of sp³-hybridized carbons (Fsp3) is 0.389. The first-order valence-corrected chi connectivity index (χ1v) is 8.37. The fourth-order valence-corrected chi connectivity index (χ4v) is 2.96. The number of piperidine rings is 1. The molecule has 132 valence electrons. The van der Waals surface area contributed by atoms with Gasteiger partial charge in [-0.1, -0.05) is 6.07 Å². The van der Waals surface area contributed by atoms with Crippen LogP contribution in [0.1, 0.15) is 40.0 Å². The Kier molecular flexibility index (Phi) is 5.02. The first kappa shape index (κ1) is 17.0. The molecule has 0 atom stereocenters. The fourth-order valence-electron chi connectivity index (χ4n) is 2.96. The van der Waals surface area contributed by atoms with Gasteiger partial charge in [0, 0.05) is 37.3 Å². The molecular weight excluding hydrogens is 320 g/mol. The second kappa shape index (κ2) is 7.38. The van der Waals surface area contributed by atoms with Crippen LogP contribution < -0.4 is 10.1 Å². The monoisotopic (exact) mass is 342 g/mol. The van der Waals surface area contributed by atoms with Crippen LogP contribution in [0.3, 0.4) is 0 Å². The SMILES string of the molecule is COc1cc(NC(=O)c2cccc(C(=O)N3CCCCC3)c2)nn1C.